The maximum absolute atomic E-state index is 13.2. The first kappa shape index (κ1) is 70.6. The lowest BCUT2D eigenvalue weighted by molar-refractivity contribution is -0.322. The van der Waals surface area contributed by atoms with E-state index < -0.39 is 204 Å². The van der Waals surface area contributed by atoms with Gasteiger partial charge in [0.2, 0.25) is 5.79 Å². The second kappa shape index (κ2) is 34.3. The zero-order chi connectivity index (χ0) is 60.9. The molecule has 82 heavy (non-hydrogen) atoms. The van der Waals surface area contributed by atoms with Gasteiger partial charge in [-0.2, -0.15) is 0 Å². The number of fused-ring (bicyclic) bond motifs is 2. The van der Waals surface area contributed by atoms with Crippen molar-refractivity contribution < 1.29 is 115 Å². The lowest BCUT2D eigenvalue weighted by atomic mass is 9.87. The van der Waals surface area contributed by atoms with Crippen molar-refractivity contribution in [2.24, 2.45) is 11.8 Å². The van der Waals surface area contributed by atoms with Crippen LogP contribution in [0.5, 0.6) is 0 Å². The molecule has 0 aromatic carbocycles. The molecule has 0 radical (unpaired) electrons. The summed E-state index contributed by atoms with van der Waals surface area (Å²) in [5.41, 5.74) is 0. The number of rotatable bonds is 9. The van der Waals surface area contributed by atoms with Crippen LogP contribution >= 0.6 is 0 Å². The van der Waals surface area contributed by atoms with Crippen molar-refractivity contribution in [3.63, 3.8) is 0 Å². The third-order valence-corrected chi connectivity index (χ3v) is 15.0. The second-order valence-corrected chi connectivity index (χ2v) is 21.9. The maximum Gasteiger partial charge on any atom is 0.315 e. The molecule has 19 N–H and O–H groups in total. The minimum Gasteiger partial charge on any atom is -0.462 e. The second-order valence-electron chi connectivity index (χ2n) is 21.9. The lowest BCUT2D eigenvalue weighted by Crippen LogP contribution is -2.69. The molecule has 0 saturated carbocycles. The number of esters is 1. The minimum absolute atomic E-state index is 0.154. The quantitative estimate of drug-likeness (QED) is 0.0995. The summed E-state index contributed by atoms with van der Waals surface area (Å²) < 4.78 is 29.2. The van der Waals surface area contributed by atoms with E-state index >= 15 is 0 Å². The van der Waals surface area contributed by atoms with Gasteiger partial charge in [-0.15, -0.1) is 0 Å². The molecule has 0 aromatic rings. The van der Waals surface area contributed by atoms with Crippen LogP contribution in [0, 0.1) is 11.8 Å². The van der Waals surface area contributed by atoms with Crippen LogP contribution in [0.25, 0.3) is 0 Å². The van der Waals surface area contributed by atoms with E-state index in [2.05, 4.69) is 16.0 Å². The maximum atomic E-state index is 13.2. The summed E-state index contributed by atoms with van der Waals surface area (Å²) in [5.74, 6) is -6.47. The van der Waals surface area contributed by atoms with Crippen molar-refractivity contribution in [3.05, 3.63) is 85.1 Å². The van der Waals surface area contributed by atoms with Crippen LogP contribution < -0.4 is 16.0 Å². The number of urea groups is 1. The zero-order valence-corrected chi connectivity index (χ0v) is 46.8. The van der Waals surface area contributed by atoms with Crippen molar-refractivity contribution in [2.75, 3.05) is 26.3 Å². The fourth-order valence-corrected chi connectivity index (χ4v) is 9.83. The number of aliphatic hydroxyl groups excluding tert-OH is 14. The number of carbonyl (C=O) groups excluding carboxylic acids is 2. The fourth-order valence-electron chi connectivity index (χ4n) is 9.83. The van der Waals surface area contributed by atoms with Gasteiger partial charge in [-0.25, -0.2) is 4.79 Å². The van der Waals surface area contributed by atoms with E-state index in [1.54, 1.807) is 86.8 Å². The molecule has 24 atom stereocenters. The molecule has 2 bridgehead atoms. The number of allylic oxidation sites excluding steroid dienone is 12. The van der Waals surface area contributed by atoms with E-state index in [1.165, 1.54) is 19.1 Å². The number of ether oxygens (including phenoxy) is 5. The van der Waals surface area contributed by atoms with Gasteiger partial charge in [0, 0.05) is 44.1 Å². The third kappa shape index (κ3) is 22.5. The first-order chi connectivity index (χ1) is 38.7. The van der Waals surface area contributed by atoms with Gasteiger partial charge in [0.15, 0.2) is 12.1 Å². The molecule has 4 aliphatic rings. The Kier molecular flexibility index (Phi) is 29.5. The molecule has 0 aliphatic carbocycles. The molecule has 3 fully saturated rings. The predicted octanol–water partition coefficient (Wildman–Crippen LogP) is -3.54. The van der Waals surface area contributed by atoms with Gasteiger partial charge < -0.3 is 121 Å². The smallest absolute Gasteiger partial charge is 0.315 e. The summed E-state index contributed by atoms with van der Waals surface area (Å²) in [5, 5.41) is 180. The third-order valence-electron chi connectivity index (χ3n) is 15.0. The first-order valence-electron chi connectivity index (χ1n) is 27.9. The van der Waals surface area contributed by atoms with E-state index in [0.717, 1.165) is 0 Å². The molecule has 4 heterocycles. The largest absolute Gasteiger partial charge is 0.462 e. The number of cyclic esters (lactones) is 1. The van der Waals surface area contributed by atoms with E-state index in [4.69, 9.17) is 23.7 Å². The number of hydrogen-bond donors (Lipinski definition) is 19. The molecular weight excluding hydrogens is 1080 g/mol. The van der Waals surface area contributed by atoms with Crippen LogP contribution in [-0.4, -0.2) is 254 Å². The van der Waals surface area contributed by atoms with Crippen LogP contribution in [-0.2, 0) is 28.5 Å². The van der Waals surface area contributed by atoms with Crippen LogP contribution in [0.15, 0.2) is 85.1 Å². The number of amides is 2. The Labute approximate surface area is 477 Å². The van der Waals surface area contributed by atoms with Gasteiger partial charge in [-0.3, -0.25) is 4.79 Å². The van der Waals surface area contributed by atoms with Crippen molar-refractivity contribution >= 4 is 12.0 Å². The van der Waals surface area contributed by atoms with Gasteiger partial charge in [0.1, 0.15) is 30.5 Å². The normalized spacial score (nSPS) is 44.5. The molecule has 26 nitrogen and oxygen atoms in total. The molecule has 468 valence electrons. The minimum atomic E-state index is -2.49. The van der Waals surface area contributed by atoms with Gasteiger partial charge in [0.05, 0.1) is 112 Å². The van der Waals surface area contributed by atoms with Crippen molar-refractivity contribution in [1.29, 1.82) is 0 Å². The van der Waals surface area contributed by atoms with Crippen LogP contribution in [0.3, 0.4) is 0 Å². The number of carbonyl (C=O) groups is 2. The fraction of sp³-hybridized carbons (Fsp3) is 0.714. The summed E-state index contributed by atoms with van der Waals surface area (Å²) in [7, 11) is 0. The molecule has 0 aromatic heterocycles. The molecule has 3 saturated heterocycles. The molecular formula is C56H91N3O23. The van der Waals surface area contributed by atoms with E-state index in [9.17, 15) is 91.3 Å². The van der Waals surface area contributed by atoms with Gasteiger partial charge in [0.25, 0.3) is 0 Å². The number of aliphatic hydroxyl groups is 16. The molecule has 4 aliphatic heterocycles. The van der Waals surface area contributed by atoms with Gasteiger partial charge in [-0.05, 0) is 33.1 Å². The van der Waals surface area contributed by atoms with E-state index in [0.29, 0.717) is 0 Å². The average molecular weight is 1170 g/mol. The molecule has 4 rings (SSSR count). The average Bonchev–Trinajstić information content (AvgIpc) is 3.48. The van der Waals surface area contributed by atoms with Crippen LogP contribution in [0.2, 0.25) is 0 Å². The van der Waals surface area contributed by atoms with Crippen LogP contribution in [0.1, 0.15) is 79.1 Å². The Hall–Kier alpha value is -3.92. The zero-order valence-electron chi connectivity index (χ0n) is 46.8. The van der Waals surface area contributed by atoms with Crippen molar-refractivity contribution in [3.8, 4) is 0 Å². The highest BCUT2D eigenvalue weighted by Crippen LogP contribution is 2.36. The SMILES string of the molecule is C[C@@H]1[C@H](O)[C@@H](C)/C=C/C=C/C=C/C=C/C=C/C=C/C=C/[C@H](O[C@@H]2O[C@H](C)[C@@H](O)[C@H](NC[C@@]3(O)OC[C@@H](O)[C@H](O)[C@@H]3O)[C@@H]2O)C[C@@H]2O[C@](O)(C[C@@H](O)C[C@@H](O)[C@H](O)CC[C@@H](O)C[C@@H](O)CC(=O)O[C@H]1C)C[C@H](O)[C@H]2NC(=O)NC[C@H](O)CO. The van der Waals surface area contributed by atoms with Crippen LogP contribution in [0.4, 0.5) is 4.79 Å². The van der Waals surface area contributed by atoms with E-state index in [-0.39, 0.29) is 31.6 Å². The molecule has 0 spiro atoms. The van der Waals surface area contributed by atoms with Gasteiger partial charge in [-0.1, -0.05) is 98.9 Å². The number of hydrogen-bond acceptors (Lipinski definition) is 24. The Morgan fingerprint density at radius 2 is 1.28 bits per heavy atom. The van der Waals surface area contributed by atoms with Crippen molar-refractivity contribution in [2.45, 2.75) is 213 Å². The monoisotopic (exact) mass is 1170 g/mol. The standard InChI is InChI=1S/C56H91N3O23/c1-31-17-15-13-11-9-7-5-6-8-10-12-14-16-18-39(81-53-51(73)47(49(71)34(4)80-53)58-30-56(77)52(74)50(72)43(68)29-78-56)24-44-46(59-54(75)57-27-38(64)28-60)42(67)26-55(76,82-44)25-37(63)22-41(66)40(65)20-19-35(61)21-36(62)23-45(69)79-33(3)32(2)48(31)70/h5-18,31-44,46-53,58,60-68,70-74,76-77H,19-30H2,1-4H3,(H2,57,59,75)/b6-5+,9-7+,10-8+,13-11+,14-12+,17-15+,18-16+/t31-,32-,33-,34+,35+,36+,37-,38-,39-,40+,41+,42-,43+,44-,46+,47-,48+,49+,50-,51-,52-,53-,55+,56+/m0/s1. The topological polar surface area (TPSA) is 440 Å². The highest BCUT2D eigenvalue weighted by atomic mass is 16.7. The Morgan fingerprint density at radius 1 is 0.671 bits per heavy atom. The highest BCUT2D eigenvalue weighted by Gasteiger charge is 2.52. The predicted molar refractivity (Wildman–Crippen MR) is 292 cm³/mol. The first-order valence-corrected chi connectivity index (χ1v) is 27.9. The summed E-state index contributed by atoms with van der Waals surface area (Å²) in [6, 6.07) is -3.71. The summed E-state index contributed by atoms with van der Waals surface area (Å²) in [6.45, 7) is 4.26. The summed E-state index contributed by atoms with van der Waals surface area (Å²) in [4.78, 5) is 25.9. The molecule has 2 amide bonds. The van der Waals surface area contributed by atoms with Gasteiger partial charge >= 0.3 is 12.0 Å². The number of nitrogens with one attached hydrogen (secondary N) is 3. The van der Waals surface area contributed by atoms with E-state index in [1.807, 2.05) is 6.92 Å². The van der Waals surface area contributed by atoms with Crippen molar-refractivity contribution in [1.82, 2.24) is 16.0 Å². The lowest BCUT2D eigenvalue weighted by Gasteiger charge is -2.47. The summed E-state index contributed by atoms with van der Waals surface area (Å²) >= 11 is 0. The Morgan fingerprint density at radius 3 is 1.90 bits per heavy atom. The molecule has 0 unspecified atom stereocenters. The summed E-state index contributed by atoms with van der Waals surface area (Å²) in [6.07, 6.45) is -5.54. The Bertz CT molecular complexity index is 2130. The highest BCUT2D eigenvalue weighted by molar-refractivity contribution is 5.74. The Balaban J connectivity index is 1.66. The molecule has 26 heteroatoms.